The number of benzene rings is 2. The lowest BCUT2D eigenvalue weighted by Gasteiger charge is -2.29. The molecule has 2 N–H and O–H groups in total. The van der Waals surface area contributed by atoms with Gasteiger partial charge in [-0.25, -0.2) is 13.5 Å². The van der Waals surface area contributed by atoms with E-state index in [-0.39, 0.29) is 5.56 Å². The van der Waals surface area contributed by atoms with Crippen molar-refractivity contribution in [3.05, 3.63) is 58.4 Å². The molecule has 0 aliphatic carbocycles. The molecule has 7 nitrogen and oxygen atoms in total. The van der Waals surface area contributed by atoms with Crippen LogP contribution >= 0.6 is 0 Å². The van der Waals surface area contributed by atoms with Crippen LogP contribution in [0.25, 0.3) is 22.0 Å². The Kier molecular flexibility index (Phi) is 4.78. The van der Waals surface area contributed by atoms with Gasteiger partial charge >= 0.3 is 0 Å². The summed E-state index contributed by atoms with van der Waals surface area (Å²) < 4.78 is 28.1. The summed E-state index contributed by atoms with van der Waals surface area (Å²) in [7, 11) is -1.52. The Bertz CT molecular complexity index is 1200. The predicted octanol–water partition coefficient (Wildman–Crippen LogP) is 0.418. The number of aromatic nitrogens is 2. The number of sulfonamides is 1. The topological polar surface area (TPSA) is 87.6 Å². The van der Waals surface area contributed by atoms with Crippen molar-refractivity contribution in [1.82, 2.24) is 14.5 Å². The molecule has 1 aliphatic heterocycles. The van der Waals surface area contributed by atoms with E-state index in [0.29, 0.717) is 45.6 Å². The number of aromatic amines is 1. The van der Waals surface area contributed by atoms with Crippen LogP contribution in [0.3, 0.4) is 0 Å². The van der Waals surface area contributed by atoms with Crippen LogP contribution in [-0.2, 0) is 10.0 Å². The molecule has 28 heavy (non-hydrogen) atoms. The molecule has 0 atom stereocenters. The fourth-order valence-electron chi connectivity index (χ4n) is 3.61. The maximum Gasteiger partial charge on any atom is 0.272 e. The molecule has 8 heteroatoms. The van der Waals surface area contributed by atoms with Crippen LogP contribution in [0.1, 0.15) is 5.56 Å². The van der Waals surface area contributed by atoms with E-state index in [1.54, 1.807) is 35.5 Å². The van der Waals surface area contributed by atoms with E-state index in [0.717, 1.165) is 13.1 Å². The summed E-state index contributed by atoms with van der Waals surface area (Å²) in [5.41, 5.74) is 1.66. The number of nitrogens with one attached hydrogen (secondary N) is 2. The van der Waals surface area contributed by atoms with Crippen LogP contribution in [-0.4, -0.2) is 56.1 Å². The number of H-pyrrole nitrogens is 1. The van der Waals surface area contributed by atoms with Crippen LogP contribution in [0.4, 0.5) is 0 Å². The maximum absolute atomic E-state index is 13.3. The largest absolute Gasteiger partial charge is 0.335 e. The van der Waals surface area contributed by atoms with E-state index in [4.69, 9.17) is 0 Å². The third kappa shape index (κ3) is 3.23. The molecule has 0 amide bonds. The average molecular weight is 399 g/mol. The number of likely N-dealkylation sites (N-methyl/N-ethyl adjacent to an activating group) is 1. The van der Waals surface area contributed by atoms with Gasteiger partial charge in [-0.1, -0.05) is 30.3 Å². The first-order valence-corrected chi connectivity index (χ1v) is 10.7. The summed E-state index contributed by atoms with van der Waals surface area (Å²) in [4.78, 5) is 13.7. The van der Waals surface area contributed by atoms with Crippen molar-refractivity contribution in [2.45, 2.75) is 11.8 Å². The first-order valence-electron chi connectivity index (χ1n) is 9.28. The van der Waals surface area contributed by atoms with E-state index in [9.17, 15) is 13.2 Å². The second kappa shape index (κ2) is 7.12. The summed E-state index contributed by atoms with van der Waals surface area (Å²) in [6.07, 6.45) is 0. The monoisotopic (exact) mass is 399 g/mol. The number of aryl methyl sites for hydroxylation is 1. The molecule has 1 fully saturated rings. The minimum absolute atomic E-state index is 0.265. The third-order valence-corrected chi connectivity index (χ3v) is 7.39. The zero-order valence-electron chi connectivity index (χ0n) is 15.9. The molecular formula is C20H23N4O3S+. The van der Waals surface area contributed by atoms with Gasteiger partial charge in [-0.05, 0) is 24.6 Å². The van der Waals surface area contributed by atoms with Crippen molar-refractivity contribution in [2.75, 3.05) is 33.2 Å². The van der Waals surface area contributed by atoms with Gasteiger partial charge in [0.1, 0.15) is 0 Å². The van der Waals surface area contributed by atoms with E-state index in [1.165, 1.54) is 4.90 Å². The van der Waals surface area contributed by atoms with Crippen molar-refractivity contribution in [1.29, 1.82) is 0 Å². The average Bonchev–Trinajstić information content (AvgIpc) is 2.69. The van der Waals surface area contributed by atoms with Crippen molar-refractivity contribution in [2.24, 2.45) is 0 Å². The number of hydrogen-bond acceptors (Lipinski definition) is 4. The van der Waals surface area contributed by atoms with Crippen molar-refractivity contribution in [3.63, 3.8) is 0 Å². The van der Waals surface area contributed by atoms with Crippen LogP contribution in [0, 0.1) is 6.92 Å². The van der Waals surface area contributed by atoms with E-state index >= 15 is 0 Å². The summed E-state index contributed by atoms with van der Waals surface area (Å²) in [6.45, 7) is 4.42. The number of hydrogen-bond donors (Lipinski definition) is 2. The van der Waals surface area contributed by atoms with Crippen LogP contribution in [0.5, 0.6) is 0 Å². The Balaban J connectivity index is 1.83. The Morgan fingerprint density at radius 1 is 1.07 bits per heavy atom. The lowest BCUT2D eigenvalue weighted by molar-refractivity contribution is -0.883. The zero-order chi connectivity index (χ0) is 19.9. The van der Waals surface area contributed by atoms with Gasteiger partial charge in [-0.2, -0.15) is 9.40 Å². The van der Waals surface area contributed by atoms with Gasteiger partial charge in [0.15, 0.2) is 0 Å². The Morgan fingerprint density at radius 3 is 2.46 bits per heavy atom. The van der Waals surface area contributed by atoms with Crippen LogP contribution in [0.2, 0.25) is 0 Å². The van der Waals surface area contributed by atoms with Gasteiger partial charge in [0.05, 0.1) is 49.2 Å². The molecule has 3 aromatic rings. The normalized spacial score (nSPS) is 16.5. The maximum atomic E-state index is 13.3. The van der Waals surface area contributed by atoms with Gasteiger partial charge in [-0.15, -0.1) is 0 Å². The molecular weight excluding hydrogens is 376 g/mol. The molecule has 2 heterocycles. The lowest BCUT2D eigenvalue weighted by Crippen LogP contribution is -3.12. The summed E-state index contributed by atoms with van der Waals surface area (Å²) >= 11 is 0. The first-order chi connectivity index (χ1) is 13.4. The summed E-state index contributed by atoms with van der Waals surface area (Å²) in [6, 6.07) is 12.5. The minimum atomic E-state index is -3.59. The molecule has 1 aliphatic rings. The van der Waals surface area contributed by atoms with Crippen LogP contribution in [0.15, 0.2) is 52.2 Å². The highest BCUT2D eigenvalue weighted by molar-refractivity contribution is 7.89. The fraction of sp³-hybridized carbons (Fsp3) is 0.300. The smallest absolute Gasteiger partial charge is 0.272 e. The minimum Gasteiger partial charge on any atom is -0.335 e. The van der Waals surface area contributed by atoms with Crippen LogP contribution < -0.4 is 10.5 Å². The molecule has 1 aromatic heterocycles. The lowest BCUT2D eigenvalue weighted by atomic mass is 10.0. The molecule has 146 valence electrons. The zero-order valence-corrected chi connectivity index (χ0v) is 16.7. The highest BCUT2D eigenvalue weighted by Crippen LogP contribution is 2.29. The van der Waals surface area contributed by atoms with E-state index in [2.05, 4.69) is 17.2 Å². The number of piperazine rings is 1. The Hall–Kier alpha value is -2.55. The molecule has 0 bridgehead atoms. The van der Waals surface area contributed by atoms with Crippen molar-refractivity contribution < 1.29 is 13.3 Å². The number of fused-ring (bicyclic) bond motifs is 1. The second-order valence-corrected chi connectivity index (χ2v) is 9.19. The summed E-state index contributed by atoms with van der Waals surface area (Å²) in [5.74, 6) is 0. The fourth-order valence-corrected chi connectivity index (χ4v) is 5.30. The SMILES string of the molecule is Cc1ccc(-c2n[nH]c(=O)c3ccccc23)cc1S(=O)(=O)N1CC[NH+](C)CC1. The second-order valence-electron chi connectivity index (χ2n) is 7.29. The van der Waals surface area contributed by atoms with Gasteiger partial charge in [0.2, 0.25) is 10.0 Å². The number of quaternary nitrogens is 1. The van der Waals surface area contributed by atoms with E-state index < -0.39 is 10.0 Å². The molecule has 4 rings (SSSR count). The molecule has 2 aromatic carbocycles. The van der Waals surface area contributed by atoms with Gasteiger partial charge in [-0.3, -0.25) is 4.79 Å². The highest BCUT2D eigenvalue weighted by atomic mass is 32.2. The van der Waals surface area contributed by atoms with E-state index in [1.807, 2.05) is 18.2 Å². The molecule has 1 saturated heterocycles. The highest BCUT2D eigenvalue weighted by Gasteiger charge is 2.30. The van der Waals surface area contributed by atoms with Crippen molar-refractivity contribution in [3.8, 4) is 11.3 Å². The molecule has 0 spiro atoms. The van der Waals surface area contributed by atoms with Gasteiger partial charge in [0, 0.05) is 10.9 Å². The van der Waals surface area contributed by atoms with Crippen molar-refractivity contribution >= 4 is 20.8 Å². The quantitative estimate of drug-likeness (QED) is 0.668. The molecule has 0 unspecified atom stereocenters. The number of nitrogens with zero attached hydrogens (tertiary/aromatic N) is 2. The number of rotatable bonds is 3. The molecule has 0 radical (unpaired) electrons. The third-order valence-electron chi connectivity index (χ3n) is 5.35. The first kappa shape index (κ1) is 18.8. The van der Waals surface area contributed by atoms with Gasteiger partial charge in [0.25, 0.3) is 5.56 Å². The Morgan fingerprint density at radius 2 is 1.75 bits per heavy atom. The standard InChI is InChI=1S/C20H22N4O3S/c1-14-7-8-15(19-16-5-3-4-6-17(16)20(25)22-21-19)13-18(14)28(26,27)24-11-9-23(2)10-12-24/h3-8,13H,9-12H2,1-2H3,(H,22,25)/p+1. The predicted molar refractivity (Wildman–Crippen MR) is 108 cm³/mol. The molecule has 0 saturated carbocycles. The summed E-state index contributed by atoms with van der Waals surface area (Å²) in [5, 5.41) is 7.94. The Labute approximate surface area is 163 Å². The van der Waals surface area contributed by atoms with Gasteiger partial charge < -0.3 is 4.90 Å².